The fourth-order valence-electron chi connectivity index (χ4n) is 3.31. The van der Waals surface area contributed by atoms with E-state index in [2.05, 4.69) is 20.6 Å². The number of hydrogen-bond acceptors (Lipinski definition) is 6. The van der Waals surface area contributed by atoms with Crippen molar-refractivity contribution in [3.8, 4) is 0 Å². The number of nitrogens with zero attached hydrogens (tertiary/aromatic N) is 4. The Morgan fingerprint density at radius 1 is 1.06 bits per heavy atom. The topological polar surface area (TPSA) is 90.5 Å². The van der Waals surface area contributed by atoms with Crippen LogP contribution in [0.5, 0.6) is 0 Å². The predicted octanol–water partition coefficient (Wildman–Crippen LogP) is 4.61. The Bertz CT molecular complexity index is 1210. The van der Waals surface area contributed by atoms with Crippen molar-refractivity contribution < 1.29 is 22.8 Å². The molecule has 2 aromatic carbocycles. The minimum atomic E-state index is -4.91. The van der Waals surface area contributed by atoms with Gasteiger partial charge in [-0.3, -0.25) is 9.59 Å². The highest BCUT2D eigenvalue weighted by atomic mass is 35.5. The van der Waals surface area contributed by atoms with E-state index >= 15 is 0 Å². The third kappa shape index (κ3) is 7.08. The average molecular weight is 521 g/mol. The van der Waals surface area contributed by atoms with Gasteiger partial charge in [0.15, 0.2) is 0 Å². The van der Waals surface area contributed by atoms with E-state index in [-0.39, 0.29) is 40.3 Å². The second-order valence-electron chi connectivity index (χ2n) is 7.77. The van der Waals surface area contributed by atoms with Crippen molar-refractivity contribution in [3.05, 3.63) is 76.9 Å². The zero-order valence-corrected chi connectivity index (χ0v) is 20.3. The molecule has 0 spiro atoms. The Hall–Kier alpha value is -3.86. The number of carbonyl (C=O) groups is 2. The molecule has 0 unspecified atom stereocenters. The largest absolute Gasteiger partial charge is 0.491 e. The average Bonchev–Trinajstić information content (AvgIpc) is 2.82. The molecule has 3 aromatic rings. The van der Waals surface area contributed by atoms with E-state index in [0.29, 0.717) is 6.54 Å². The number of hydrogen-bond donors (Lipinski definition) is 2. The Morgan fingerprint density at radius 2 is 1.78 bits per heavy atom. The van der Waals surface area contributed by atoms with Crippen LogP contribution in [0.25, 0.3) is 0 Å². The van der Waals surface area contributed by atoms with E-state index in [0.717, 1.165) is 11.6 Å². The lowest BCUT2D eigenvalue weighted by molar-refractivity contribution is -0.122. The number of rotatable bonds is 9. The number of benzene rings is 2. The molecule has 0 fully saturated rings. The fraction of sp³-hybridized carbons (Fsp3) is 0.250. The number of nitrogens with one attached hydrogen (secondary N) is 2. The lowest BCUT2D eigenvalue weighted by Gasteiger charge is -2.26. The molecule has 36 heavy (non-hydrogen) atoms. The highest BCUT2D eigenvalue weighted by Crippen LogP contribution is 2.39. The second-order valence-corrected chi connectivity index (χ2v) is 8.18. The molecule has 1 heterocycles. The Morgan fingerprint density at radius 3 is 2.42 bits per heavy atom. The summed E-state index contributed by atoms with van der Waals surface area (Å²) in [7, 11) is 1.59. The van der Waals surface area contributed by atoms with E-state index in [9.17, 15) is 22.8 Å². The van der Waals surface area contributed by atoms with Crippen molar-refractivity contribution in [2.24, 2.45) is 0 Å². The fourth-order valence-corrected chi connectivity index (χ4v) is 3.58. The second kappa shape index (κ2) is 11.7. The Balaban J connectivity index is 1.82. The molecule has 1 aromatic heterocycles. The van der Waals surface area contributed by atoms with Crippen molar-refractivity contribution in [2.75, 3.05) is 30.4 Å². The van der Waals surface area contributed by atoms with E-state index < -0.39 is 23.8 Å². The van der Waals surface area contributed by atoms with Gasteiger partial charge in [-0.2, -0.15) is 4.98 Å². The van der Waals surface area contributed by atoms with Crippen LogP contribution in [-0.4, -0.2) is 53.1 Å². The molecule has 0 saturated carbocycles. The van der Waals surface area contributed by atoms with Crippen molar-refractivity contribution in [1.29, 1.82) is 0 Å². The summed E-state index contributed by atoms with van der Waals surface area (Å²) < 4.78 is 42.2. The van der Waals surface area contributed by atoms with Crippen molar-refractivity contribution in [3.63, 3.8) is 0 Å². The van der Waals surface area contributed by atoms with Crippen LogP contribution in [0.4, 0.5) is 30.6 Å². The maximum atomic E-state index is 14.1. The summed E-state index contributed by atoms with van der Waals surface area (Å²) in [6.07, 6.45) is -3.74. The molecule has 3 rings (SSSR count). The molecule has 12 heteroatoms. The summed E-state index contributed by atoms with van der Waals surface area (Å²) >= 11 is 6.24. The van der Waals surface area contributed by atoms with Crippen LogP contribution in [0.2, 0.25) is 5.02 Å². The first kappa shape index (κ1) is 26.7. The maximum absolute atomic E-state index is 14.1. The third-order valence-corrected chi connectivity index (χ3v) is 5.25. The number of aromatic nitrogens is 2. The first-order chi connectivity index (χ1) is 17.1. The van der Waals surface area contributed by atoms with Crippen LogP contribution in [0, 0.1) is 0 Å². The molecule has 0 bridgehead atoms. The minimum Gasteiger partial charge on any atom is -0.368 e. The van der Waals surface area contributed by atoms with E-state index in [1.165, 1.54) is 36.2 Å². The number of amides is 2. The molecule has 190 valence electrons. The van der Waals surface area contributed by atoms with E-state index in [4.69, 9.17) is 11.6 Å². The molecule has 0 aliphatic heterocycles. The molecule has 0 radical (unpaired) electrons. The van der Waals surface area contributed by atoms with Gasteiger partial charge in [-0.15, -0.1) is 13.2 Å². The number of halogens is 4. The molecule has 0 aliphatic rings. The van der Waals surface area contributed by atoms with Gasteiger partial charge in [0.1, 0.15) is 5.82 Å². The van der Waals surface area contributed by atoms with Crippen molar-refractivity contribution >= 4 is 40.9 Å². The van der Waals surface area contributed by atoms with E-state index in [1.807, 2.05) is 30.3 Å². The predicted molar refractivity (Wildman–Crippen MR) is 131 cm³/mol. The van der Waals surface area contributed by atoms with Crippen LogP contribution in [0.1, 0.15) is 22.8 Å². The Kier molecular flexibility index (Phi) is 8.70. The highest BCUT2D eigenvalue weighted by Gasteiger charge is 2.42. The normalized spacial score (nSPS) is 11.1. The molecular weight excluding hydrogens is 497 g/mol. The van der Waals surface area contributed by atoms with Gasteiger partial charge < -0.3 is 15.5 Å². The molecular formula is C24H24ClF3N6O2. The van der Waals surface area contributed by atoms with Gasteiger partial charge in [0.25, 0.3) is 5.91 Å². The maximum Gasteiger partial charge on any atom is 0.491 e. The summed E-state index contributed by atoms with van der Waals surface area (Å²) in [6, 6.07) is 14.3. The van der Waals surface area contributed by atoms with Gasteiger partial charge in [0, 0.05) is 45.4 Å². The first-order valence-electron chi connectivity index (χ1n) is 10.8. The summed E-state index contributed by atoms with van der Waals surface area (Å²) in [4.78, 5) is 32.9. The van der Waals surface area contributed by atoms with Crippen molar-refractivity contribution in [2.45, 2.75) is 19.8 Å². The van der Waals surface area contributed by atoms with E-state index in [1.54, 1.807) is 7.05 Å². The lowest BCUT2D eigenvalue weighted by Crippen LogP contribution is -2.35. The quantitative estimate of drug-likeness (QED) is 0.316. The number of anilines is 3. The highest BCUT2D eigenvalue weighted by molar-refractivity contribution is 6.33. The van der Waals surface area contributed by atoms with Crippen LogP contribution >= 0.6 is 11.6 Å². The van der Waals surface area contributed by atoms with Crippen LogP contribution in [0.15, 0.2) is 60.8 Å². The molecule has 2 amide bonds. The van der Waals surface area contributed by atoms with Gasteiger partial charge in [-0.25, -0.2) is 9.88 Å². The smallest absolute Gasteiger partial charge is 0.368 e. The van der Waals surface area contributed by atoms with Gasteiger partial charge >= 0.3 is 6.30 Å². The van der Waals surface area contributed by atoms with Crippen LogP contribution in [-0.2, 0) is 11.3 Å². The standard InChI is InChI=1S/C24H24ClF3N6O2/c1-16(35)29-12-13-30-21-10-11-31-23(32-21)34(24(26,27)28)20-9-8-18(14-19(20)25)22(36)33(2)15-17-6-4-3-5-7-17/h3-11,14H,12-13,15H2,1-2H3,(H,29,35)(H,30,31,32). The molecule has 8 nitrogen and oxygen atoms in total. The van der Waals surface area contributed by atoms with Crippen molar-refractivity contribution in [1.82, 2.24) is 20.2 Å². The SMILES string of the molecule is CC(=O)NCCNc1ccnc(N(c2ccc(C(=O)N(C)Cc3ccccc3)cc2Cl)C(F)(F)F)n1. The summed E-state index contributed by atoms with van der Waals surface area (Å²) in [5.74, 6) is -1.15. The number of alkyl halides is 3. The molecule has 2 N–H and O–H groups in total. The van der Waals surface area contributed by atoms with Gasteiger partial charge in [-0.05, 0) is 29.8 Å². The molecule has 0 atom stereocenters. The van der Waals surface area contributed by atoms with Crippen LogP contribution in [0.3, 0.4) is 0 Å². The summed E-state index contributed by atoms with van der Waals surface area (Å²) in [5, 5.41) is 5.10. The zero-order valence-electron chi connectivity index (χ0n) is 19.5. The zero-order chi connectivity index (χ0) is 26.3. The third-order valence-electron chi connectivity index (χ3n) is 4.95. The first-order valence-corrected chi connectivity index (χ1v) is 11.2. The summed E-state index contributed by atoms with van der Waals surface area (Å²) in [5.41, 5.74) is 0.613. The Labute approximate surface area is 211 Å². The summed E-state index contributed by atoms with van der Waals surface area (Å²) in [6.45, 7) is 2.19. The molecule has 0 saturated heterocycles. The lowest BCUT2D eigenvalue weighted by atomic mass is 10.1. The molecule has 0 aliphatic carbocycles. The van der Waals surface area contributed by atoms with Gasteiger partial charge in [0.2, 0.25) is 11.9 Å². The van der Waals surface area contributed by atoms with Gasteiger partial charge in [-0.1, -0.05) is 41.9 Å². The van der Waals surface area contributed by atoms with Gasteiger partial charge in [0.05, 0.1) is 10.7 Å². The monoisotopic (exact) mass is 520 g/mol. The number of carbonyl (C=O) groups excluding carboxylic acids is 2. The van der Waals surface area contributed by atoms with Crippen LogP contribution < -0.4 is 15.5 Å². The minimum absolute atomic E-state index is 0.0593.